The Morgan fingerprint density at radius 3 is 2.68 bits per heavy atom. The first-order valence-electron chi connectivity index (χ1n) is 5.76. The summed E-state index contributed by atoms with van der Waals surface area (Å²) in [7, 11) is 0. The molecule has 0 N–H and O–H groups in total. The van der Waals surface area contributed by atoms with Crippen molar-refractivity contribution in [2.24, 2.45) is 0 Å². The lowest BCUT2D eigenvalue weighted by Crippen LogP contribution is -2.10. The molecule has 19 heavy (non-hydrogen) atoms. The zero-order valence-electron chi connectivity index (χ0n) is 10.4. The minimum absolute atomic E-state index is 0.0620. The Kier molecular flexibility index (Phi) is 3.66. The molecule has 0 saturated heterocycles. The molecule has 2 aromatic rings. The molecule has 0 atom stereocenters. The van der Waals surface area contributed by atoms with Gasteiger partial charge in [-0.15, -0.1) is 0 Å². The summed E-state index contributed by atoms with van der Waals surface area (Å²) < 4.78 is 0. The van der Waals surface area contributed by atoms with Crippen LogP contribution in [0.3, 0.4) is 0 Å². The van der Waals surface area contributed by atoms with Crippen molar-refractivity contribution >= 4 is 11.5 Å². The number of aryl methyl sites for hydroxylation is 1. The molecular weight excluding hydrogens is 244 g/mol. The van der Waals surface area contributed by atoms with Gasteiger partial charge in [0.15, 0.2) is 5.78 Å². The van der Waals surface area contributed by atoms with Gasteiger partial charge in [0.1, 0.15) is 0 Å². The predicted octanol–water partition coefficient (Wildman–Crippen LogP) is 2.72. The summed E-state index contributed by atoms with van der Waals surface area (Å²) in [6.45, 7) is 1.69. The van der Waals surface area contributed by atoms with E-state index in [9.17, 15) is 14.9 Å². The Bertz CT molecular complexity index is 624. The zero-order chi connectivity index (χ0) is 13.8. The van der Waals surface area contributed by atoms with Crippen LogP contribution >= 0.6 is 0 Å². The molecule has 2 rings (SSSR count). The molecule has 1 heterocycles. The van der Waals surface area contributed by atoms with E-state index in [0.29, 0.717) is 11.3 Å². The van der Waals surface area contributed by atoms with Crippen LogP contribution in [0.1, 0.15) is 21.6 Å². The Labute approximate surface area is 110 Å². The van der Waals surface area contributed by atoms with E-state index in [4.69, 9.17) is 0 Å². The fourth-order valence-electron chi connectivity index (χ4n) is 1.92. The van der Waals surface area contributed by atoms with Gasteiger partial charge in [-0.3, -0.25) is 19.9 Å². The number of pyridine rings is 1. The number of benzene rings is 1. The van der Waals surface area contributed by atoms with E-state index in [1.165, 1.54) is 6.07 Å². The van der Waals surface area contributed by atoms with Gasteiger partial charge in [-0.1, -0.05) is 18.2 Å². The third kappa shape index (κ3) is 2.82. The second kappa shape index (κ2) is 5.39. The lowest BCUT2D eigenvalue weighted by Gasteiger charge is -2.05. The second-order valence-corrected chi connectivity index (χ2v) is 4.15. The van der Waals surface area contributed by atoms with Gasteiger partial charge < -0.3 is 0 Å². The number of rotatable bonds is 4. The number of nitro benzene ring substituents is 1. The number of nitro groups is 1. The van der Waals surface area contributed by atoms with Crippen LogP contribution in [0.25, 0.3) is 0 Å². The largest absolute Gasteiger partial charge is 0.293 e. The summed E-state index contributed by atoms with van der Waals surface area (Å²) in [4.78, 5) is 26.7. The molecule has 0 fully saturated rings. The number of nitrogens with zero attached hydrogens (tertiary/aromatic N) is 2. The molecule has 0 aliphatic carbocycles. The summed E-state index contributed by atoms with van der Waals surface area (Å²) in [5.74, 6) is -0.288. The molecule has 1 aromatic carbocycles. The van der Waals surface area contributed by atoms with Crippen LogP contribution in [0.2, 0.25) is 0 Å². The number of Topliss-reactive ketones (excluding diaryl/α,β-unsaturated/α-hetero) is 1. The van der Waals surface area contributed by atoms with E-state index in [2.05, 4.69) is 4.98 Å². The van der Waals surface area contributed by atoms with Gasteiger partial charge in [0.05, 0.1) is 16.9 Å². The fraction of sp³-hybridized carbons (Fsp3) is 0.143. The molecule has 0 aliphatic rings. The average molecular weight is 256 g/mol. The van der Waals surface area contributed by atoms with Crippen LogP contribution in [-0.2, 0) is 6.42 Å². The number of hydrogen-bond acceptors (Lipinski definition) is 4. The van der Waals surface area contributed by atoms with Crippen LogP contribution in [0.15, 0.2) is 42.6 Å². The van der Waals surface area contributed by atoms with Crippen molar-refractivity contribution in [3.8, 4) is 0 Å². The summed E-state index contributed by atoms with van der Waals surface area (Å²) in [5, 5.41) is 11.0. The van der Waals surface area contributed by atoms with E-state index >= 15 is 0 Å². The first-order chi connectivity index (χ1) is 9.09. The van der Waals surface area contributed by atoms with Crippen LogP contribution < -0.4 is 0 Å². The van der Waals surface area contributed by atoms with Crippen LogP contribution in [0.5, 0.6) is 0 Å². The molecule has 0 aliphatic heterocycles. The molecule has 0 unspecified atom stereocenters. The summed E-state index contributed by atoms with van der Waals surface area (Å²) >= 11 is 0. The highest BCUT2D eigenvalue weighted by molar-refractivity contribution is 6.02. The smallest absolute Gasteiger partial charge is 0.280 e. The summed E-state index contributed by atoms with van der Waals surface area (Å²) in [5.41, 5.74) is 1.22. The third-order valence-corrected chi connectivity index (χ3v) is 2.79. The van der Waals surface area contributed by atoms with Gasteiger partial charge in [0.25, 0.3) is 5.69 Å². The molecule has 5 heteroatoms. The molecule has 0 radical (unpaired) electrons. The van der Waals surface area contributed by atoms with Gasteiger partial charge in [-0.2, -0.15) is 0 Å². The topological polar surface area (TPSA) is 73.1 Å². The first kappa shape index (κ1) is 12.9. The number of carbonyl (C=O) groups is 1. The highest BCUT2D eigenvalue weighted by atomic mass is 16.6. The average Bonchev–Trinajstić information content (AvgIpc) is 2.39. The minimum atomic E-state index is -0.529. The molecule has 0 saturated carbocycles. The maximum atomic E-state index is 12.2. The van der Waals surface area contributed by atoms with Crippen LogP contribution in [0, 0.1) is 17.0 Å². The van der Waals surface area contributed by atoms with Crippen molar-refractivity contribution < 1.29 is 9.72 Å². The molecule has 5 nitrogen and oxygen atoms in total. The number of ketones is 1. The Morgan fingerprint density at radius 1 is 1.26 bits per heavy atom. The Balaban J connectivity index is 2.36. The van der Waals surface area contributed by atoms with Gasteiger partial charge in [-0.25, -0.2) is 0 Å². The second-order valence-electron chi connectivity index (χ2n) is 4.15. The number of aromatic nitrogens is 1. The van der Waals surface area contributed by atoms with E-state index in [1.807, 2.05) is 0 Å². The van der Waals surface area contributed by atoms with Crippen molar-refractivity contribution in [1.82, 2.24) is 4.98 Å². The highest BCUT2D eigenvalue weighted by Crippen LogP contribution is 2.23. The van der Waals surface area contributed by atoms with E-state index < -0.39 is 4.92 Å². The molecule has 1 aromatic heterocycles. The normalized spacial score (nSPS) is 10.2. The quantitative estimate of drug-likeness (QED) is 0.479. The minimum Gasteiger partial charge on any atom is -0.293 e. The first-order valence-corrected chi connectivity index (χ1v) is 5.76. The molecule has 96 valence electrons. The SMILES string of the molecule is Cc1cccc([N+](=O)[O-])c1C(=O)Cc1ccccn1. The predicted molar refractivity (Wildman–Crippen MR) is 70.1 cm³/mol. The molecule has 0 spiro atoms. The van der Waals surface area contributed by atoms with E-state index in [1.54, 1.807) is 43.5 Å². The van der Waals surface area contributed by atoms with Gasteiger partial charge in [0.2, 0.25) is 0 Å². The fourth-order valence-corrected chi connectivity index (χ4v) is 1.92. The maximum absolute atomic E-state index is 12.2. The number of carbonyl (C=O) groups excluding carboxylic acids is 1. The van der Waals surface area contributed by atoms with Crippen molar-refractivity contribution in [3.63, 3.8) is 0 Å². The molecular formula is C14H12N2O3. The zero-order valence-corrected chi connectivity index (χ0v) is 10.4. The van der Waals surface area contributed by atoms with Crippen molar-refractivity contribution in [3.05, 3.63) is 69.5 Å². The summed E-state index contributed by atoms with van der Waals surface area (Å²) in [6.07, 6.45) is 1.65. The van der Waals surface area contributed by atoms with Crippen LogP contribution in [-0.4, -0.2) is 15.7 Å². The number of hydrogen-bond donors (Lipinski definition) is 0. The van der Waals surface area contributed by atoms with Crippen LogP contribution in [0.4, 0.5) is 5.69 Å². The molecule has 0 amide bonds. The monoisotopic (exact) mass is 256 g/mol. The highest BCUT2D eigenvalue weighted by Gasteiger charge is 2.22. The van der Waals surface area contributed by atoms with Gasteiger partial charge >= 0.3 is 0 Å². The van der Waals surface area contributed by atoms with E-state index in [-0.39, 0.29) is 23.5 Å². The van der Waals surface area contributed by atoms with Gasteiger partial charge in [-0.05, 0) is 24.6 Å². The lowest BCUT2D eigenvalue weighted by atomic mass is 9.99. The Morgan fingerprint density at radius 2 is 2.05 bits per heavy atom. The maximum Gasteiger partial charge on any atom is 0.280 e. The lowest BCUT2D eigenvalue weighted by molar-refractivity contribution is -0.385. The van der Waals surface area contributed by atoms with Crippen molar-refractivity contribution in [1.29, 1.82) is 0 Å². The van der Waals surface area contributed by atoms with E-state index in [0.717, 1.165) is 0 Å². The summed E-state index contributed by atoms with van der Waals surface area (Å²) in [6, 6.07) is 9.87. The Hall–Kier alpha value is -2.56. The van der Waals surface area contributed by atoms with Crippen molar-refractivity contribution in [2.45, 2.75) is 13.3 Å². The van der Waals surface area contributed by atoms with Gasteiger partial charge in [0, 0.05) is 18.0 Å². The standard InChI is InChI=1S/C14H12N2O3/c1-10-5-4-7-12(16(18)19)14(10)13(17)9-11-6-2-3-8-15-11/h2-8H,9H2,1H3. The third-order valence-electron chi connectivity index (χ3n) is 2.79. The van der Waals surface area contributed by atoms with Crippen molar-refractivity contribution in [2.75, 3.05) is 0 Å². The molecule has 0 bridgehead atoms.